The second kappa shape index (κ2) is 5.56. The summed E-state index contributed by atoms with van der Waals surface area (Å²) in [5.74, 6) is 0. The largest absolute Gasteiger partial charge is 0.380 e. The van der Waals surface area contributed by atoms with Gasteiger partial charge < -0.3 is 10.5 Å². The molecule has 0 saturated carbocycles. The molecule has 0 fully saturated rings. The molecule has 0 aliphatic carbocycles. The van der Waals surface area contributed by atoms with Crippen molar-refractivity contribution in [3.05, 3.63) is 33.8 Å². The molecule has 2 N–H and O–H groups in total. The summed E-state index contributed by atoms with van der Waals surface area (Å²) in [6.45, 7) is 3.09. The molecular weight excluding hydrogens is 221 g/mol. The summed E-state index contributed by atoms with van der Waals surface area (Å²) < 4.78 is 5.22. The topological polar surface area (TPSA) is 35.2 Å². The third-order valence-corrected chi connectivity index (χ3v) is 2.61. The zero-order chi connectivity index (χ0) is 10.6. The molecular formula is C10H13Cl2NO. The molecule has 0 spiro atoms. The van der Waals surface area contributed by atoms with E-state index in [2.05, 4.69) is 0 Å². The van der Waals surface area contributed by atoms with Crippen molar-refractivity contribution in [2.45, 2.75) is 13.0 Å². The molecule has 0 aromatic heterocycles. The predicted molar refractivity (Wildman–Crippen MR) is 59.9 cm³/mol. The van der Waals surface area contributed by atoms with Crippen LogP contribution in [0, 0.1) is 0 Å². The Bertz CT molecular complexity index is 304. The minimum atomic E-state index is -0.148. The van der Waals surface area contributed by atoms with E-state index in [1.807, 2.05) is 13.0 Å². The van der Waals surface area contributed by atoms with Gasteiger partial charge in [0.25, 0.3) is 0 Å². The average Bonchev–Trinajstić information content (AvgIpc) is 2.18. The highest BCUT2D eigenvalue weighted by molar-refractivity contribution is 6.42. The third kappa shape index (κ3) is 3.14. The van der Waals surface area contributed by atoms with Crippen LogP contribution in [0.2, 0.25) is 10.0 Å². The summed E-state index contributed by atoms with van der Waals surface area (Å²) in [7, 11) is 0. The Morgan fingerprint density at radius 3 is 2.64 bits per heavy atom. The second-order valence-corrected chi connectivity index (χ2v) is 3.75. The zero-order valence-electron chi connectivity index (χ0n) is 7.97. The Morgan fingerprint density at radius 2 is 2.07 bits per heavy atom. The third-order valence-electron chi connectivity index (χ3n) is 1.87. The van der Waals surface area contributed by atoms with Gasteiger partial charge in [-0.15, -0.1) is 0 Å². The molecule has 2 nitrogen and oxygen atoms in total. The van der Waals surface area contributed by atoms with Gasteiger partial charge in [-0.05, 0) is 24.6 Å². The van der Waals surface area contributed by atoms with Crippen molar-refractivity contribution in [3.8, 4) is 0 Å². The molecule has 1 aromatic rings. The lowest BCUT2D eigenvalue weighted by Crippen LogP contribution is -2.17. The minimum absolute atomic E-state index is 0.148. The number of rotatable bonds is 4. The van der Waals surface area contributed by atoms with Crippen LogP contribution in [0.5, 0.6) is 0 Å². The van der Waals surface area contributed by atoms with Gasteiger partial charge in [-0.2, -0.15) is 0 Å². The van der Waals surface area contributed by atoms with Crippen molar-refractivity contribution in [1.29, 1.82) is 0 Å². The standard InChI is InChI=1S/C10H13Cl2NO/c1-2-14-6-10(13)7-3-4-8(11)9(12)5-7/h3-5,10H,2,6,13H2,1H3. The van der Waals surface area contributed by atoms with Gasteiger partial charge >= 0.3 is 0 Å². The molecule has 1 atom stereocenters. The van der Waals surface area contributed by atoms with E-state index < -0.39 is 0 Å². The summed E-state index contributed by atoms with van der Waals surface area (Å²) in [5, 5.41) is 1.06. The Morgan fingerprint density at radius 1 is 1.36 bits per heavy atom. The van der Waals surface area contributed by atoms with Gasteiger partial charge in [0.05, 0.1) is 22.7 Å². The number of hydrogen-bond acceptors (Lipinski definition) is 2. The average molecular weight is 234 g/mol. The van der Waals surface area contributed by atoms with Gasteiger partial charge in [0.15, 0.2) is 0 Å². The van der Waals surface area contributed by atoms with Crippen LogP contribution < -0.4 is 5.73 Å². The quantitative estimate of drug-likeness (QED) is 0.868. The number of ether oxygens (including phenoxy) is 1. The van der Waals surface area contributed by atoms with Crippen molar-refractivity contribution in [3.63, 3.8) is 0 Å². The summed E-state index contributed by atoms with van der Waals surface area (Å²) in [6, 6.07) is 5.22. The molecule has 0 heterocycles. The molecule has 14 heavy (non-hydrogen) atoms. The Hall–Kier alpha value is -0.280. The van der Waals surface area contributed by atoms with Crippen molar-refractivity contribution < 1.29 is 4.74 Å². The van der Waals surface area contributed by atoms with Crippen molar-refractivity contribution in [1.82, 2.24) is 0 Å². The molecule has 0 saturated heterocycles. The first-order chi connectivity index (χ1) is 6.65. The van der Waals surface area contributed by atoms with E-state index in [1.165, 1.54) is 0 Å². The van der Waals surface area contributed by atoms with E-state index >= 15 is 0 Å². The number of nitrogens with two attached hydrogens (primary N) is 1. The summed E-state index contributed by atoms with van der Waals surface area (Å²) >= 11 is 11.6. The van der Waals surface area contributed by atoms with Crippen molar-refractivity contribution in [2.75, 3.05) is 13.2 Å². The SMILES string of the molecule is CCOCC(N)c1ccc(Cl)c(Cl)c1. The first kappa shape index (κ1) is 11.8. The van der Waals surface area contributed by atoms with Crippen LogP contribution in [0.1, 0.15) is 18.5 Å². The lowest BCUT2D eigenvalue weighted by Gasteiger charge is -2.12. The Balaban J connectivity index is 2.70. The van der Waals surface area contributed by atoms with E-state index in [4.69, 9.17) is 33.7 Å². The number of hydrogen-bond donors (Lipinski definition) is 1. The van der Waals surface area contributed by atoms with Crippen LogP contribution in [0.3, 0.4) is 0 Å². The highest BCUT2D eigenvalue weighted by Gasteiger charge is 2.07. The maximum absolute atomic E-state index is 5.87. The molecule has 0 aliphatic rings. The van der Waals surface area contributed by atoms with Crippen LogP contribution in [0.4, 0.5) is 0 Å². The molecule has 1 rings (SSSR count). The van der Waals surface area contributed by atoms with Crippen LogP contribution in [-0.2, 0) is 4.74 Å². The molecule has 1 unspecified atom stereocenters. The van der Waals surface area contributed by atoms with Gasteiger partial charge in [0, 0.05) is 6.61 Å². The molecule has 78 valence electrons. The molecule has 1 aromatic carbocycles. The molecule has 0 aliphatic heterocycles. The first-order valence-electron chi connectivity index (χ1n) is 4.43. The van der Waals surface area contributed by atoms with Gasteiger partial charge in [0.2, 0.25) is 0 Å². The van der Waals surface area contributed by atoms with Gasteiger partial charge in [-0.1, -0.05) is 29.3 Å². The highest BCUT2D eigenvalue weighted by atomic mass is 35.5. The fourth-order valence-corrected chi connectivity index (χ4v) is 1.39. The first-order valence-corrected chi connectivity index (χ1v) is 5.19. The number of halogens is 2. The molecule has 0 radical (unpaired) electrons. The normalized spacial score (nSPS) is 12.9. The maximum atomic E-state index is 5.87. The minimum Gasteiger partial charge on any atom is -0.380 e. The van der Waals surface area contributed by atoms with Crippen LogP contribution >= 0.6 is 23.2 Å². The highest BCUT2D eigenvalue weighted by Crippen LogP contribution is 2.24. The van der Waals surface area contributed by atoms with E-state index in [-0.39, 0.29) is 6.04 Å². The lowest BCUT2D eigenvalue weighted by molar-refractivity contribution is 0.133. The van der Waals surface area contributed by atoms with Crippen molar-refractivity contribution >= 4 is 23.2 Å². The molecule has 0 amide bonds. The van der Waals surface area contributed by atoms with Crippen LogP contribution in [0.15, 0.2) is 18.2 Å². The second-order valence-electron chi connectivity index (χ2n) is 2.94. The predicted octanol–water partition coefficient (Wildman–Crippen LogP) is 3.03. The summed E-state index contributed by atoms with van der Waals surface area (Å²) in [6.07, 6.45) is 0. The monoisotopic (exact) mass is 233 g/mol. The summed E-state index contributed by atoms with van der Waals surface area (Å²) in [4.78, 5) is 0. The van der Waals surface area contributed by atoms with Crippen molar-refractivity contribution in [2.24, 2.45) is 5.73 Å². The van der Waals surface area contributed by atoms with Gasteiger partial charge in [0.1, 0.15) is 0 Å². The van der Waals surface area contributed by atoms with E-state index in [9.17, 15) is 0 Å². The fourth-order valence-electron chi connectivity index (χ4n) is 1.08. The van der Waals surface area contributed by atoms with E-state index in [0.717, 1.165) is 5.56 Å². The summed E-state index contributed by atoms with van der Waals surface area (Å²) in [5.41, 5.74) is 6.81. The van der Waals surface area contributed by atoms with Gasteiger partial charge in [-0.3, -0.25) is 0 Å². The molecule has 0 bridgehead atoms. The lowest BCUT2D eigenvalue weighted by atomic mass is 10.1. The smallest absolute Gasteiger partial charge is 0.0659 e. The molecule has 4 heteroatoms. The Kier molecular flexibility index (Phi) is 4.69. The fraction of sp³-hybridized carbons (Fsp3) is 0.400. The Labute approximate surface area is 94.0 Å². The maximum Gasteiger partial charge on any atom is 0.0659 e. The zero-order valence-corrected chi connectivity index (χ0v) is 9.48. The van der Waals surface area contributed by atoms with Crippen LogP contribution in [-0.4, -0.2) is 13.2 Å². The number of benzene rings is 1. The van der Waals surface area contributed by atoms with E-state index in [1.54, 1.807) is 12.1 Å². The van der Waals surface area contributed by atoms with E-state index in [0.29, 0.717) is 23.3 Å². The van der Waals surface area contributed by atoms with Gasteiger partial charge in [-0.25, -0.2) is 0 Å². The van der Waals surface area contributed by atoms with Crippen LogP contribution in [0.25, 0.3) is 0 Å².